The molecule has 0 aliphatic rings. The summed E-state index contributed by atoms with van der Waals surface area (Å²) in [5, 5.41) is 24.5. The van der Waals surface area contributed by atoms with E-state index in [0.717, 1.165) is 27.1 Å². The van der Waals surface area contributed by atoms with Crippen LogP contribution in [0.5, 0.6) is 0 Å². The van der Waals surface area contributed by atoms with Gasteiger partial charge in [-0.25, -0.2) is 0 Å². The van der Waals surface area contributed by atoms with Crippen LogP contribution >= 0.6 is 0 Å². The summed E-state index contributed by atoms with van der Waals surface area (Å²) in [4.78, 5) is 11.9. The molecule has 0 fully saturated rings. The summed E-state index contributed by atoms with van der Waals surface area (Å²) in [6.45, 7) is 1.52. The van der Waals surface area contributed by atoms with Gasteiger partial charge in [-0.3, -0.25) is 4.79 Å². The van der Waals surface area contributed by atoms with Gasteiger partial charge in [-0.1, -0.05) is 48.5 Å². The average Bonchev–Trinajstić information content (AvgIpc) is 2.66. The van der Waals surface area contributed by atoms with E-state index in [1.807, 2.05) is 24.3 Å². The minimum absolute atomic E-state index is 0.232. The standard InChI is InChI=1S/C22H24O4/c1-2-26-22(25)20(14-23)21(24)12-11-19-17-9-5-3-7-15(17)13-16-8-4-6-10-18(16)19/h3-10,13,20-21,23-24H,2,11-12,14H2,1H3/t20-,21-/m0/s1. The van der Waals surface area contributed by atoms with Crippen molar-refractivity contribution in [3.05, 3.63) is 60.2 Å². The summed E-state index contributed by atoms with van der Waals surface area (Å²) in [7, 11) is 0. The number of ether oxygens (including phenoxy) is 1. The van der Waals surface area contributed by atoms with Gasteiger partial charge < -0.3 is 14.9 Å². The Balaban J connectivity index is 1.91. The van der Waals surface area contributed by atoms with E-state index in [-0.39, 0.29) is 6.61 Å². The van der Waals surface area contributed by atoms with E-state index in [1.54, 1.807) is 6.92 Å². The number of rotatable bonds is 7. The van der Waals surface area contributed by atoms with Gasteiger partial charge >= 0.3 is 5.97 Å². The third-order valence-electron chi connectivity index (χ3n) is 4.82. The number of hydrogen-bond acceptors (Lipinski definition) is 4. The molecular formula is C22H24O4. The number of benzene rings is 3. The van der Waals surface area contributed by atoms with Crippen LogP contribution in [0.25, 0.3) is 21.5 Å². The Labute approximate surface area is 153 Å². The molecule has 136 valence electrons. The molecule has 4 nitrogen and oxygen atoms in total. The molecule has 0 spiro atoms. The van der Waals surface area contributed by atoms with Crippen molar-refractivity contribution in [3.63, 3.8) is 0 Å². The molecule has 3 aromatic carbocycles. The summed E-state index contributed by atoms with van der Waals surface area (Å²) < 4.78 is 4.95. The molecule has 0 radical (unpaired) electrons. The maximum absolute atomic E-state index is 11.9. The number of esters is 1. The second-order valence-corrected chi connectivity index (χ2v) is 6.44. The quantitative estimate of drug-likeness (QED) is 0.505. The Morgan fingerprint density at radius 2 is 1.62 bits per heavy atom. The lowest BCUT2D eigenvalue weighted by atomic mass is 9.91. The van der Waals surface area contributed by atoms with Gasteiger partial charge in [0.1, 0.15) is 5.92 Å². The highest BCUT2D eigenvalue weighted by Crippen LogP contribution is 2.30. The first kappa shape index (κ1) is 18.4. The molecule has 0 amide bonds. The molecule has 0 aromatic heterocycles. The zero-order valence-corrected chi connectivity index (χ0v) is 14.9. The normalized spacial score (nSPS) is 13.7. The first-order chi connectivity index (χ1) is 12.7. The fraction of sp³-hybridized carbons (Fsp3) is 0.318. The number of carbonyl (C=O) groups excluding carboxylic acids is 1. The Bertz CT molecular complexity index is 849. The summed E-state index contributed by atoms with van der Waals surface area (Å²) in [6, 6.07) is 18.5. The second kappa shape index (κ2) is 8.30. The van der Waals surface area contributed by atoms with Gasteiger partial charge in [0, 0.05) is 0 Å². The number of aliphatic hydroxyl groups excluding tert-OH is 2. The van der Waals surface area contributed by atoms with E-state index in [2.05, 4.69) is 30.3 Å². The van der Waals surface area contributed by atoms with Crippen molar-refractivity contribution in [2.75, 3.05) is 13.2 Å². The highest BCUT2D eigenvalue weighted by molar-refractivity contribution is 6.02. The van der Waals surface area contributed by atoms with E-state index < -0.39 is 24.6 Å². The van der Waals surface area contributed by atoms with Crippen molar-refractivity contribution in [2.45, 2.75) is 25.9 Å². The molecule has 2 N–H and O–H groups in total. The van der Waals surface area contributed by atoms with Crippen molar-refractivity contribution in [1.82, 2.24) is 0 Å². The first-order valence-corrected chi connectivity index (χ1v) is 9.00. The molecule has 2 atom stereocenters. The van der Waals surface area contributed by atoms with Crippen LogP contribution in [-0.2, 0) is 16.0 Å². The second-order valence-electron chi connectivity index (χ2n) is 6.44. The molecule has 4 heteroatoms. The fourth-order valence-corrected chi connectivity index (χ4v) is 3.47. The third kappa shape index (κ3) is 3.71. The van der Waals surface area contributed by atoms with Crippen LogP contribution in [0, 0.1) is 5.92 Å². The average molecular weight is 352 g/mol. The summed E-state index contributed by atoms with van der Waals surface area (Å²) in [5.74, 6) is -1.46. The highest BCUT2D eigenvalue weighted by Gasteiger charge is 2.27. The number of fused-ring (bicyclic) bond motifs is 2. The fourth-order valence-electron chi connectivity index (χ4n) is 3.47. The SMILES string of the molecule is CCOC(=O)[C@@H](CO)[C@@H](O)CCc1c2ccccc2cc2ccccc12. The zero-order valence-electron chi connectivity index (χ0n) is 14.9. The van der Waals surface area contributed by atoms with Gasteiger partial charge in [0.2, 0.25) is 0 Å². The molecule has 3 rings (SSSR count). The van der Waals surface area contributed by atoms with E-state index >= 15 is 0 Å². The lowest BCUT2D eigenvalue weighted by Crippen LogP contribution is -2.33. The predicted octanol–water partition coefficient (Wildman–Crippen LogP) is 3.46. The third-order valence-corrected chi connectivity index (χ3v) is 4.82. The smallest absolute Gasteiger partial charge is 0.313 e. The predicted molar refractivity (Wildman–Crippen MR) is 103 cm³/mol. The van der Waals surface area contributed by atoms with Crippen LogP contribution in [-0.4, -0.2) is 35.5 Å². The van der Waals surface area contributed by atoms with Gasteiger partial charge in [0.15, 0.2) is 0 Å². The Morgan fingerprint density at radius 3 is 2.15 bits per heavy atom. The number of hydrogen-bond donors (Lipinski definition) is 2. The lowest BCUT2D eigenvalue weighted by molar-refractivity contribution is -0.154. The molecule has 0 aliphatic carbocycles. The maximum Gasteiger partial charge on any atom is 0.313 e. The van der Waals surface area contributed by atoms with Crippen LogP contribution in [0.15, 0.2) is 54.6 Å². The number of aliphatic hydroxyl groups is 2. The summed E-state index contributed by atoms with van der Waals surface area (Å²) in [5.41, 5.74) is 1.15. The minimum atomic E-state index is -0.947. The van der Waals surface area contributed by atoms with Crippen LogP contribution in [0.2, 0.25) is 0 Å². The molecule has 3 aromatic rings. The highest BCUT2D eigenvalue weighted by atomic mass is 16.5. The molecule has 0 bridgehead atoms. The molecule has 0 saturated heterocycles. The van der Waals surface area contributed by atoms with Crippen molar-refractivity contribution in [2.24, 2.45) is 5.92 Å². The molecule has 0 saturated carbocycles. The van der Waals surface area contributed by atoms with Crippen molar-refractivity contribution in [1.29, 1.82) is 0 Å². The Kier molecular flexibility index (Phi) is 5.86. The monoisotopic (exact) mass is 352 g/mol. The Morgan fingerprint density at radius 1 is 1.04 bits per heavy atom. The van der Waals surface area contributed by atoms with Gasteiger partial charge in [-0.05, 0) is 52.9 Å². The van der Waals surface area contributed by atoms with E-state index in [4.69, 9.17) is 4.74 Å². The first-order valence-electron chi connectivity index (χ1n) is 9.00. The number of carbonyl (C=O) groups is 1. The lowest BCUT2D eigenvalue weighted by Gasteiger charge is -2.20. The van der Waals surface area contributed by atoms with E-state index in [1.165, 1.54) is 0 Å². The van der Waals surface area contributed by atoms with Crippen LogP contribution in [0.1, 0.15) is 18.9 Å². The number of aryl methyl sites for hydroxylation is 1. The van der Waals surface area contributed by atoms with Crippen molar-refractivity contribution >= 4 is 27.5 Å². The van der Waals surface area contributed by atoms with Gasteiger partial charge in [-0.2, -0.15) is 0 Å². The van der Waals surface area contributed by atoms with E-state index in [9.17, 15) is 15.0 Å². The van der Waals surface area contributed by atoms with Crippen molar-refractivity contribution < 1.29 is 19.7 Å². The molecule has 26 heavy (non-hydrogen) atoms. The van der Waals surface area contributed by atoms with E-state index in [0.29, 0.717) is 12.8 Å². The van der Waals surface area contributed by atoms with Gasteiger partial charge in [0.05, 0.1) is 19.3 Å². The van der Waals surface area contributed by atoms with Gasteiger partial charge in [-0.15, -0.1) is 0 Å². The topological polar surface area (TPSA) is 66.8 Å². The molecule has 0 heterocycles. The van der Waals surface area contributed by atoms with Crippen molar-refractivity contribution in [3.8, 4) is 0 Å². The molecular weight excluding hydrogens is 328 g/mol. The van der Waals surface area contributed by atoms with Crippen LogP contribution < -0.4 is 0 Å². The van der Waals surface area contributed by atoms with Crippen LogP contribution in [0.4, 0.5) is 0 Å². The molecule has 0 aliphatic heterocycles. The van der Waals surface area contributed by atoms with Gasteiger partial charge in [0.25, 0.3) is 0 Å². The molecule has 0 unspecified atom stereocenters. The van der Waals surface area contributed by atoms with Crippen LogP contribution in [0.3, 0.4) is 0 Å². The zero-order chi connectivity index (χ0) is 18.5. The maximum atomic E-state index is 11.9. The Hall–Kier alpha value is -2.43. The minimum Gasteiger partial charge on any atom is -0.466 e. The summed E-state index contributed by atoms with van der Waals surface area (Å²) in [6.07, 6.45) is 0.0397. The summed E-state index contributed by atoms with van der Waals surface area (Å²) >= 11 is 0. The largest absolute Gasteiger partial charge is 0.466 e.